The standard InChI is InChI=1S/C21H23NO2/c1-22(19-9-12-20(23-2)13-10-19)14-5-15-24-21-11-8-17-6-3-4-7-18(17)16-21/h3-4,6-13,16H,5,14-15H2,1-2H3. The molecule has 3 heteroatoms. The molecular formula is C21H23NO2. The van der Waals surface area contributed by atoms with Gasteiger partial charge in [-0.05, 0) is 53.6 Å². The van der Waals surface area contributed by atoms with Gasteiger partial charge < -0.3 is 14.4 Å². The highest BCUT2D eigenvalue weighted by atomic mass is 16.5. The predicted octanol–water partition coefficient (Wildman–Crippen LogP) is 4.75. The van der Waals surface area contributed by atoms with Crippen molar-refractivity contribution in [1.82, 2.24) is 0 Å². The maximum absolute atomic E-state index is 5.89. The van der Waals surface area contributed by atoms with Crippen LogP contribution in [-0.2, 0) is 0 Å². The van der Waals surface area contributed by atoms with Crippen LogP contribution in [0.2, 0.25) is 0 Å². The molecule has 0 aromatic heterocycles. The molecule has 0 aliphatic rings. The third-order valence-electron chi connectivity index (χ3n) is 4.14. The van der Waals surface area contributed by atoms with E-state index in [2.05, 4.69) is 60.5 Å². The Morgan fingerprint density at radius 3 is 2.29 bits per heavy atom. The molecule has 0 saturated heterocycles. The molecule has 0 bridgehead atoms. The fraction of sp³-hybridized carbons (Fsp3) is 0.238. The molecule has 0 N–H and O–H groups in total. The lowest BCUT2D eigenvalue weighted by Gasteiger charge is -2.19. The highest BCUT2D eigenvalue weighted by molar-refractivity contribution is 5.83. The van der Waals surface area contributed by atoms with Crippen LogP contribution in [0.5, 0.6) is 11.5 Å². The smallest absolute Gasteiger partial charge is 0.119 e. The van der Waals surface area contributed by atoms with Crippen LogP contribution in [0.25, 0.3) is 10.8 Å². The molecule has 3 nitrogen and oxygen atoms in total. The Bertz CT molecular complexity index is 783. The number of ether oxygens (including phenoxy) is 2. The van der Waals surface area contributed by atoms with E-state index >= 15 is 0 Å². The maximum atomic E-state index is 5.89. The summed E-state index contributed by atoms with van der Waals surface area (Å²) in [5, 5.41) is 2.45. The van der Waals surface area contributed by atoms with Crippen molar-refractivity contribution in [3.05, 3.63) is 66.7 Å². The first-order valence-electron chi connectivity index (χ1n) is 8.23. The second-order valence-electron chi connectivity index (χ2n) is 5.83. The lowest BCUT2D eigenvalue weighted by atomic mass is 10.1. The quantitative estimate of drug-likeness (QED) is 0.586. The van der Waals surface area contributed by atoms with Gasteiger partial charge in [-0.15, -0.1) is 0 Å². The van der Waals surface area contributed by atoms with E-state index in [-0.39, 0.29) is 0 Å². The largest absolute Gasteiger partial charge is 0.497 e. The Kier molecular flexibility index (Phi) is 5.22. The van der Waals surface area contributed by atoms with E-state index < -0.39 is 0 Å². The van der Waals surface area contributed by atoms with E-state index in [1.165, 1.54) is 16.5 Å². The van der Waals surface area contributed by atoms with Crippen molar-refractivity contribution in [2.75, 3.05) is 32.2 Å². The van der Waals surface area contributed by atoms with Crippen molar-refractivity contribution in [2.24, 2.45) is 0 Å². The van der Waals surface area contributed by atoms with Gasteiger partial charge in [0.15, 0.2) is 0 Å². The molecule has 0 spiro atoms. The molecule has 3 aromatic carbocycles. The summed E-state index contributed by atoms with van der Waals surface area (Å²) >= 11 is 0. The molecule has 3 aromatic rings. The average Bonchev–Trinajstić information content (AvgIpc) is 2.65. The third-order valence-corrected chi connectivity index (χ3v) is 4.14. The Morgan fingerprint density at radius 1 is 0.833 bits per heavy atom. The van der Waals surface area contributed by atoms with Gasteiger partial charge in [0.2, 0.25) is 0 Å². The van der Waals surface area contributed by atoms with Crippen molar-refractivity contribution in [2.45, 2.75) is 6.42 Å². The third kappa shape index (κ3) is 3.99. The Balaban J connectivity index is 1.48. The molecule has 0 aliphatic heterocycles. The summed E-state index contributed by atoms with van der Waals surface area (Å²) in [4.78, 5) is 2.23. The molecule has 0 saturated carbocycles. The highest BCUT2D eigenvalue weighted by Gasteiger charge is 2.02. The first-order chi connectivity index (χ1) is 11.8. The Morgan fingerprint density at radius 2 is 1.54 bits per heavy atom. The van der Waals surface area contributed by atoms with Gasteiger partial charge in [-0.2, -0.15) is 0 Å². The van der Waals surface area contributed by atoms with Crippen LogP contribution in [0.4, 0.5) is 5.69 Å². The van der Waals surface area contributed by atoms with Gasteiger partial charge in [-0.1, -0.05) is 30.3 Å². The maximum Gasteiger partial charge on any atom is 0.119 e. The second-order valence-corrected chi connectivity index (χ2v) is 5.83. The summed E-state index contributed by atoms with van der Waals surface area (Å²) in [7, 11) is 3.78. The molecule has 124 valence electrons. The van der Waals surface area contributed by atoms with Gasteiger partial charge in [-0.25, -0.2) is 0 Å². The van der Waals surface area contributed by atoms with Gasteiger partial charge in [0, 0.05) is 19.3 Å². The number of nitrogens with zero attached hydrogens (tertiary/aromatic N) is 1. The minimum absolute atomic E-state index is 0.707. The second kappa shape index (κ2) is 7.73. The lowest BCUT2D eigenvalue weighted by molar-refractivity contribution is 0.313. The topological polar surface area (TPSA) is 21.7 Å². The lowest BCUT2D eigenvalue weighted by Crippen LogP contribution is -2.20. The van der Waals surface area contributed by atoms with E-state index in [0.29, 0.717) is 6.61 Å². The van der Waals surface area contributed by atoms with Gasteiger partial charge in [0.1, 0.15) is 11.5 Å². The molecule has 0 aliphatic carbocycles. The van der Waals surface area contributed by atoms with Crippen LogP contribution in [0.3, 0.4) is 0 Å². The minimum Gasteiger partial charge on any atom is -0.497 e. The number of anilines is 1. The molecule has 0 amide bonds. The van der Waals surface area contributed by atoms with Gasteiger partial charge in [0.05, 0.1) is 13.7 Å². The van der Waals surface area contributed by atoms with Crippen LogP contribution < -0.4 is 14.4 Å². The Labute approximate surface area is 143 Å². The zero-order valence-electron chi connectivity index (χ0n) is 14.2. The Hall–Kier alpha value is -2.68. The van der Waals surface area contributed by atoms with Crippen molar-refractivity contribution >= 4 is 16.5 Å². The van der Waals surface area contributed by atoms with E-state index in [0.717, 1.165) is 24.5 Å². The molecule has 0 atom stereocenters. The van der Waals surface area contributed by atoms with Crippen LogP contribution in [0.1, 0.15) is 6.42 Å². The summed E-state index contributed by atoms with van der Waals surface area (Å²) in [5.41, 5.74) is 1.18. The average molecular weight is 321 g/mol. The van der Waals surface area contributed by atoms with Crippen molar-refractivity contribution < 1.29 is 9.47 Å². The first-order valence-corrected chi connectivity index (χ1v) is 8.23. The van der Waals surface area contributed by atoms with Crippen molar-refractivity contribution in [3.63, 3.8) is 0 Å². The van der Waals surface area contributed by atoms with Crippen LogP contribution in [-0.4, -0.2) is 27.3 Å². The molecule has 0 radical (unpaired) electrons. The summed E-state index contributed by atoms with van der Waals surface area (Å²) in [5.74, 6) is 1.81. The van der Waals surface area contributed by atoms with E-state index in [9.17, 15) is 0 Å². The van der Waals surface area contributed by atoms with Crippen LogP contribution >= 0.6 is 0 Å². The summed E-state index contributed by atoms with van der Waals surface area (Å²) in [6, 6.07) is 22.7. The predicted molar refractivity (Wildman–Crippen MR) is 100 cm³/mol. The number of hydrogen-bond donors (Lipinski definition) is 0. The highest BCUT2D eigenvalue weighted by Crippen LogP contribution is 2.21. The monoisotopic (exact) mass is 321 g/mol. The van der Waals surface area contributed by atoms with E-state index in [4.69, 9.17) is 9.47 Å². The van der Waals surface area contributed by atoms with Gasteiger partial charge >= 0.3 is 0 Å². The van der Waals surface area contributed by atoms with Crippen molar-refractivity contribution in [1.29, 1.82) is 0 Å². The minimum atomic E-state index is 0.707. The van der Waals surface area contributed by atoms with Gasteiger partial charge in [-0.3, -0.25) is 0 Å². The summed E-state index contributed by atoms with van der Waals surface area (Å²) in [6.07, 6.45) is 0.968. The molecule has 3 rings (SSSR count). The van der Waals surface area contributed by atoms with Gasteiger partial charge in [0.25, 0.3) is 0 Å². The fourth-order valence-electron chi connectivity index (χ4n) is 2.71. The molecule has 0 fully saturated rings. The number of hydrogen-bond acceptors (Lipinski definition) is 3. The first kappa shape index (κ1) is 16.2. The van der Waals surface area contributed by atoms with E-state index in [1.54, 1.807) is 7.11 Å². The fourth-order valence-corrected chi connectivity index (χ4v) is 2.71. The summed E-state index contributed by atoms with van der Waals surface area (Å²) in [6.45, 7) is 1.65. The molecule has 0 heterocycles. The van der Waals surface area contributed by atoms with E-state index in [1.807, 2.05) is 18.2 Å². The zero-order valence-corrected chi connectivity index (χ0v) is 14.2. The van der Waals surface area contributed by atoms with Crippen LogP contribution in [0, 0.1) is 0 Å². The SMILES string of the molecule is COc1ccc(N(C)CCCOc2ccc3ccccc3c2)cc1. The summed E-state index contributed by atoms with van der Waals surface area (Å²) < 4.78 is 11.1. The van der Waals surface area contributed by atoms with Crippen molar-refractivity contribution in [3.8, 4) is 11.5 Å². The number of rotatable bonds is 7. The molecule has 24 heavy (non-hydrogen) atoms. The molecular weight excluding hydrogens is 298 g/mol. The number of methoxy groups -OCH3 is 1. The zero-order chi connectivity index (χ0) is 16.8. The normalized spacial score (nSPS) is 10.6. The number of benzene rings is 3. The number of fused-ring (bicyclic) bond motifs is 1. The van der Waals surface area contributed by atoms with Crippen LogP contribution in [0.15, 0.2) is 66.7 Å². The molecule has 0 unspecified atom stereocenters.